The fourth-order valence-electron chi connectivity index (χ4n) is 2.05. The molecule has 5 heteroatoms. The van der Waals surface area contributed by atoms with E-state index in [1.165, 1.54) is 17.4 Å². The largest absolute Gasteiger partial charge is 0.375 e. The number of rotatable bonds is 2. The summed E-state index contributed by atoms with van der Waals surface area (Å²) in [7, 11) is 0. The van der Waals surface area contributed by atoms with E-state index < -0.39 is 0 Å². The molecule has 0 fully saturated rings. The van der Waals surface area contributed by atoms with E-state index in [0.29, 0.717) is 22.0 Å². The molecule has 0 unspecified atom stereocenters. The SMILES string of the molecule is N#Cc1ccc(-c2ccc(F)c(-c3csc(N)n3)c2)cc1. The Morgan fingerprint density at radius 3 is 2.43 bits per heavy atom. The van der Waals surface area contributed by atoms with Gasteiger partial charge in [0, 0.05) is 10.9 Å². The van der Waals surface area contributed by atoms with Crippen molar-refractivity contribution in [1.82, 2.24) is 4.98 Å². The third-order valence-corrected chi connectivity index (χ3v) is 3.79. The first kappa shape index (κ1) is 13.3. The topological polar surface area (TPSA) is 62.7 Å². The third-order valence-electron chi connectivity index (χ3n) is 3.11. The second-order valence-electron chi connectivity index (χ2n) is 4.45. The predicted octanol–water partition coefficient (Wildman–Crippen LogP) is 4.07. The smallest absolute Gasteiger partial charge is 0.180 e. The molecule has 3 aromatic rings. The van der Waals surface area contributed by atoms with Crippen LogP contribution in [0.2, 0.25) is 0 Å². The summed E-state index contributed by atoms with van der Waals surface area (Å²) in [4.78, 5) is 4.12. The van der Waals surface area contributed by atoms with E-state index in [4.69, 9.17) is 11.0 Å². The van der Waals surface area contributed by atoms with Crippen LogP contribution in [0.4, 0.5) is 9.52 Å². The summed E-state index contributed by atoms with van der Waals surface area (Å²) >= 11 is 1.28. The monoisotopic (exact) mass is 295 g/mol. The maximum absolute atomic E-state index is 14.0. The van der Waals surface area contributed by atoms with E-state index in [-0.39, 0.29) is 5.82 Å². The highest BCUT2D eigenvalue weighted by molar-refractivity contribution is 7.13. The highest BCUT2D eigenvalue weighted by atomic mass is 32.1. The summed E-state index contributed by atoms with van der Waals surface area (Å²) in [6, 6.07) is 14.1. The van der Waals surface area contributed by atoms with Gasteiger partial charge in [0.05, 0.1) is 17.3 Å². The molecule has 102 valence electrons. The van der Waals surface area contributed by atoms with Crippen molar-refractivity contribution in [2.75, 3.05) is 5.73 Å². The molecule has 0 aliphatic carbocycles. The molecule has 0 aliphatic heterocycles. The van der Waals surface area contributed by atoms with Crippen LogP contribution in [0.3, 0.4) is 0 Å². The van der Waals surface area contributed by atoms with E-state index in [1.807, 2.05) is 12.1 Å². The van der Waals surface area contributed by atoms with Crippen LogP contribution < -0.4 is 5.73 Å². The maximum Gasteiger partial charge on any atom is 0.180 e. The summed E-state index contributed by atoms with van der Waals surface area (Å²) < 4.78 is 14.0. The van der Waals surface area contributed by atoms with Crippen molar-refractivity contribution in [2.24, 2.45) is 0 Å². The minimum atomic E-state index is -0.335. The molecular formula is C16H10FN3S. The Morgan fingerprint density at radius 2 is 1.81 bits per heavy atom. The second kappa shape index (κ2) is 5.35. The van der Waals surface area contributed by atoms with Crippen LogP contribution >= 0.6 is 11.3 Å². The number of benzene rings is 2. The van der Waals surface area contributed by atoms with Gasteiger partial charge in [0.25, 0.3) is 0 Å². The summed E-state index contributed by atoms with van der Waals surface area (Å²) in [5.41, 5.74) is 8.93. The van der Waals surface area contributed by atoms with Crippen molar-refractivity contribution in [3.05, 3.63) is 59.2 Å². The zero-order chi connectivity index (χ0) is 14.8. The second-order valence-corrected chi connectivity index (χ2v) is 5.34. The molecule has 21 heavy (non-hydrogen) atoms. The van der Waals surface area contributed by atoms with Crippen LogP contribution in [0.1, 0.15) is 5.56 Å². The molecule has 0 saturated carbocycles. The average Bonchev–Trinajstić information content (AvgIpc) is 2.94. The molecule has 3 rings (SSSR count). The summed E-state index contributed by atoms with van der Waals surface area (Å²) in [6.45, 7) is 0. The molecule has 2 aromatic carbocycles. The number of halogens is 1. The van der Waals surface area contributed by atoms with Gasteiger partial charge in [0.2, 0.25) is 0 Å². The van der Waals surface area contributed by atoms with Gasteiger partial charge >= 0.3 is 0 Å². The summed E-state index contributed by atoms with van der Waals surface area (Å²) in [5.74, 6) is -0.335. The van der Waals surface area contributed by atoms with Crippen LogP contribution in [0, 0.1) is 17.1 Å². The van der Waals surface area contributed by atoms with Gasteiger partial charge in [-0.25, -0.2) is 9.37 Å². The lowest BCUT2D eigenvalue weighted by atomic mass is 10.0. The van der Waals surface area contributed by atoms with E-state index in [1.54, 1.807) is 29.6 Å². The number of aromatic nitrogens is 1. The molecule has 0 spiro atoms. The van der Waals surface area contributed by atoms with Gasteiger partial charge < -0.3 is 5.73 Å². The number of thiazole rings is 1. The predicted molar refractivity (Wildman–Crippen MR) is 82.1 cm³/mol. The molecule has 0 bridgehead atoms. The lowest BCUT2D eigenvalue weighted by Gasteiger charge is -2.05. The first-order valence-electron chi connectivity index (χ1n) is 6.19. The highest BCUT2D eigenvalue weighted by Gasteiger charge is 2.10. The van der Waals surface area contributed by atoms with Crippen molar-refractivity contribution in [1.29, 1.82) is 5.26 Å². The molecule has 0 amide bonds. The van der Waals surface area contributed by atoms with Crippen LogP contribution in [0.25, 0.3) is 22.4 Å². The minimum absolute atomic E-state index is 0.335. The number of hydrogen-bond acceptors (Lipinski definition) is 4. The van der Waals surface area contributed by atoms with Gasteiger partial charge in [0.1, 0.15) is 5.82 Å². The summed E-state index contributed by atoms with van der Waals surface area (Å²) in [6.07, 6.45) is 0. The Balaban J connectivity index is 2.06. The Kier molecular flexibility index (Phi) is 3.38. The van der Waals surface area contributed by atoms with Crippen LogP contribution in [0.5, 0.6) is 0 Å². The summed E-state index contributed by atoms with van der Waals surface area (Å²) in [5, 5.41) is 11.0. The molecule has 1 aromatic heterocycles. The lowest BCUT2D eigenvalue weighted by Crippen LogP contribution is -1.88. The molecule has 3 nitrogen and oxygen atoms in total. The quantitative estimate of drug-likeness (QED) is 0.775. The van der Waals surface area contributed by atoms with E-state index in [9.17, 15) is 4.39 Å². The van der Waals surface area contributed by atoms with Crippen LogP contribution in [-0.4, -0.2) is 4.98 Å². The Morgan fingerprint density at radius 1 is 1.10 bits per heavy atom. The van der Waals surface area contributed by atoms with Crippen molar-refractivity contribution in [3.63, 3.8) is 0 Å². The van der Waals surface area contributed by atoms with Crippen molar-refractivity contribution < 1.29 is 4.39 Å². The van der Waals surface area contributed by atoms with E-state index in [2.05, 4.69) is 11.1 Å². The van der Waals surface area contributed by atoms with Gasteiger partial charge in [-0.3, -0.25) is 0 Å². The molecule has 1 heterocycles. The Bertz CT molecular complexity index is 831. The van der Waals surface area contributed by atoms with Crippen molar-refractivity contribution >= 4 is 16.5 Å². The molecule has 2 N–H and O–H groups in total. The number of hydrogen-bond donors (Lipinski definition) is 1. The van der Waals surface area contributed by atoms with E-state index in [0.717, 1.165) is 11.1 Å². The average molecular weight is 295 g/mol. The Labute approximate surface area is 125 Å². The van der Waals surface area contributed by atoms with Gasteiger partial charge in [-0.2, -0.15) is 5.26 Å². The van der Waals surface area contributed by atoms with Crippen LogP contribution in [0.15, 0.2) is 47.8 Å². The molecule has 0 atom stereocenters. The lowest BCUT2D eigenvalue weighted by molar-refractivity contribution is 0.631. The number of nitrogen functional groups attached to an aromatic ring is 1. The zero-order valence-electron chi connectivity index (χ0n) is 10.9. The number of nitrogens with zero attached hydrogens (tertiary/aromatic N) is 2. The third kappa shape index (κ3) is 2.62. The molecule has 0 saturated heterocycles. The first-order chi connectivity index (χ1) is 10.2. The van der Waals surface area contributed by atoms with E-state index >= 15 is 0 Å². The fraction of sp³-hybridized carbons (Fsp3) is 0. The standard InChI is InChI=1S/C16H10FN3S/c17-14-6-5-12(11-3-1-10(8-18)2-4-11)7-13(14)15-9-21-16(19)20-15/h1-7,9H,(H2,19,20). The molecule has 0 aliphatic rings. The van der Waals surface area contributed by atoms with Gasteiger partial charge in [-0.15, -0.1) is 11.3 Å². The maximum atomic E-state index is 14.0. The minimum Gasteiger partial charge on any atom is -0.375 e. The molecular weight excluding hydrogens is 285 g/mol. The fourth-order valence-corrected chi connectivity index (χ4v) is 2.61. The van der Waals surface area contributed by atoms with Gasteiger partial charge in [0.15, 0.2) is 5.13 Å². The number of anilines is 1. The van der Waals surface area contributed by atoms with Gasteiger partial charge in [-0.1, -0.05) is 18.2 Å². The normalized spacial score (nSPS) is 10.3. The first-order valence-corrected chi connectivity index (χ1v) is 7.07. The molecule has 0 radical (unpaired) electrons. The number of nitrogens with two attached hydrogens (primary N) is 1. The van der Waals surface area contributed by atoms with Crippen molar-refractivity contribution in [3.8, 4) is 28.5 Å². The Hall–Kier alpha value is -2.71. The highest BCUT2D eigenvalue weighted by Crippen LogP contribution is 2.30. The number of nitriles is 1. The van der Waals surface area contributed by atoms with Crippen LogP contribution in [-0.2, 0) is 0 Å². The zero-order valence-corrected chi connectivity index (χ0v) is 11.7. The van der Waals surface area contributed by atoms with Crippen molar-refractivity contribution in [2.45, 2.75) is 0 Å². The van der Waals surface area contributed by atoms with Gasteiger partial charge in [-0.05, 0) is 35.4 Å².